The molecule has 0 bridgehead atoms. The van der Waals surface area contributed by atoms with E-state index in [4.69, 9.17) is 18.9 Å². The maximum absolute atomic E-state index is 14.9. The monoisotopic (exact) mass is 2060 g/mol. The average molecular weight is 2070 g/mol. The van der Waals surface area contributed by atoms with Crippen LogP contribution in [0.2, 0.25) is 13.3 Å². The summed E-state index contributed by atoms with van der Waals surface area (Å²) >= 11 is 11.0. The van der Waals surface area contributed by atoms with Crippen LogP contribution >= 0.6 is 77.2 Å². The second-order valence-electron chi connectivity index (χ2n) is 34.3. The summed E-state index contributed by atoms with van der Waals surface area (Å²) in [5.74, 6) is 3.89. The third-order valence-electron chi connectivity index (χ3n) is 24.2. The standard InChI is InChI=1S/C44H62O6S4.C23H31O2S2.C20H28Br2O4S2.3C4H9.Sn/c1-7-11-15-19-23-33-28-38(53(45,46)32(33)6)39-29-34(24-20-16-12-8-2)44(54(39,47)48)37-30-36-41(50-26-22-18-14-10-4)42-35(27-31(5)51-42)40(43(36)52-37)49-25-21-17-13-9-3;1-4-6-8-10-13-24-20-18-12-15-26-22(18)21(25-14-11-9-7-5-2)19-16-17(3)27-23(19)20;1-3-5-7-9-11-15-13-17(27(23,24)19(15)21)18-14-16(12-10-8-6-4-2)20(22)28(18,25)26;3*1-3-4-2;/h27-30H,7-26H2,1-6H3;12,16H,4-11,13-14H2,1-3H3;13-14H,3-12H2,1-2H3;3*1,3-4H2,2H3;. The molecule has 122 heavy (non-hydrogen) atoms. The molecule has 4 aliphatic heterocycles. The number of halogens is 2. The molecule has 0 saturated heterocycles. The Balaban J connectivity index is 0.000000240. The molecule has 0 amide bonds. The van der Waals surface area contributed by atoms with E-state index >= 15 is 0 Å². The third kappa shape index (κ3) is 26.9. The second kappa shape index (κ2) is 52.1. The third-order valence-corrected chi connectivity index (χ3v) is 58.0. The molecule has 0 unspecified atom stereocenters. The number of allylic oxidation sites excluding steroid dienone is 9. The van der Waals surface area contributed by atoms with Gasteiger partial charge in [0.25, 0.3) is 0 Å². The smallest absolute Gasteiger partial charge is 0.209 e. The number of fused-ring (bicyclic) bond motifs is 4. The number of benzene rings is 2. The van der Waals surface area contributed by atoms with E-state index < -0.39 is 57.7 Å². The van der Waals surface area contributed by atoms with Gasteiger partial charge in [0, 0.05) is 25.4 Å². The van der Waals surface area contributed by atoms with Crippen molar-refractivity contribution < 1.29 is 52.6 Å². The van der Waals surface area contributed by atoms with Gasteiger partial charge >= 0.3 is 260 Å². The molecule has 0 saturated carbocycles. The van der Waals surface area contributed by atoms with Crippen molar-refractivity contribution in [2.75, 3.05) is 26.4 Å². The Morgan fingerprint density at radius 2 is 0.574 bits per heavy atom. The molecule has 4 aromatic heterocycles. The van der Waals surface area contributed by atoms with Crippen molar-refractivity contribution in [3.8, 4) is 23.0 Å². The normalized spacial score (nSPS) is 16.1. The van der Waals surface area contributed by atoms with E-state index in [0.29, 0.717) is 60.5 Å². The van der Waals surface area contributed by atoms with Crippen LogP contribution < -0.4 is 21.8 Å². The summed E-state index contributed by atoms with van der Waals surface area (Å²) in [6, 6.07) is 9.17. The Kier molecular flexibility index (Phi) is 44.6. The zero-order valence-corrected chi connectivity index (χ0v) is 89.2. The van der Waals surface area contributed by atoms with Gasteiger partial charge in [-0.3, -0.25) is 0 Å². The molecule has 4 aliphatic rings. The van der Waals surface area contributed by atoms with Gasteiger partial charge in [-0.25, -0.2) is 33.7 Å². The molecule has 6 aromatic rings. The number of aryl methyl sites for hydroxylation is 2. The van der Waals surface area contributed by atoms with Crippen molar-refractivity contribution in [1.29, 1.82) is 0 Å². The van der Waals surface area contributed by atoms with Crippen molar-refractivity contribution >= 4 is 183 Å². The first kappa shape index (κ1) is 104. The Hall–Kier alpha value is -3.04. The zero-order chi connectivity index (χ0) is 88.6. The maximum atomic E-state index is 14.9. The van der Waals surface area contributed by atoms with Crippen LogP contribution in [0.4, 0.5) is 0 Å². The average Bonchev–Trinajstić information content (AvgIpc) is 1.57. The number of unbranched alkanes of at least 4 members (excludes halogenated alkanes) is 27. The Labute approximate surface area is 774 Å². The van der Waals surface area contributed by atoms with Crippen LogP contribution in [0.3, 0.4) is 0 Å². The van der Waals surface area contributed by atoms with Crippen molar-refractivity contribution in [2.24, 2.45) is 0 Å². The van der Waals surface area contributed by atoms with Gasteiger partial charge in [-0.15, -0.1) is 22.7 Å². The first-order valence-electron chi connectivity index (χ1n) is 47.3. The Bertz CT molecular complexity index is 4930. The molecule has 8 heterocycles. The summed E-state index contributed by atoms with van der Waals surface area (Å²) < 4.78 is 147. The number of hydrogen-bond donors (Lipinski definition) is 0. The molecule has 0 atom stereocenters. The molecule has 0 spiro atoms. The van der Waals surface area contributed by atoms with E-state index in [1.165, 1.54) is 144 Å². The van der Waals surface area contributed by atoms with Gasteiger partial charge in [0.2, 0.25) is 39.3 Å². The van der Waals surface area contributed by atoms with Crippen molar-refractivity contribution in [3.63, 3.8) is 0 Å². The predicted octanol–water partition coefficient (Wildman–Crippen LogP) is 33.1. The van der Waals surface area contributed by atoms with Crippen LogP contribution in [0.1, 0.15) is 367 Å². The Morgan fingerprint density at radius 3 is 0.934 bits per heavy atom. The maximum Gasteiger partial charge on any atom is 0.209 e. The minimum Gasteiger partial charge on any atom is -0.491 e. The summed E-state index contributed by atoms with van der Waals surface area (Å²) in [7, 11) is -15.8. The molecule has 0 fully saturated rings. The molecular formula is C99H148Br2O12S8Sn. The molecular weight excluding hydrogens is 1920 g/mol. The number of ether oxygens (including phenoxy) is 4. The molecule has 0 N–H and O–H groups in total. The van der Waals surface area contributed by atoms with Gasteiger partial charge in [0.15, 0.2) is 0 Å². The minimum absolute atomic E-state index is 0.0733. The van der Waals surface area contributed by atoms with E-state index in [2.05, 4.69) is 151 Å². The first-order valence-corrected chi connectivity index (χ1v) is 65.6. The van der Waals surface area contributed by atoms with Crippen molar-refractivity contribution in [1.82, 2.24) is 0 Å². The van der Waals surface area contributed by atoms with Gasteiger partial charge in [-0.1, -0.05) is 157 Å². The van der Waals surface area contributed by atoms with Crippen molar-refractivity contribution in [3.05, 3.63) is 118 Å². The van der Waals surface area contributed by atoms with E-state index in [0.717, 1.165) is 229 Å². The number of hydrogen-bond acceptors (Lipinski definition) is 16. The fourth-order valence-electron chi connectivity index (χ4n) is 16.9. The predicted molar refractivity (Wildman–Crippen MR) is 542 cm³/mol. The van der Waals surface area contributed by atoms with E-state index in [1.807, 2.05) is 17.4 Å². The largest absolute Gasteiger partial charge is 0.491 e. The van der Waals surface area contributed by atoms with Gasteiger partial charge in [0.1, 0.15) is 19.1 Å². The van der Waals surface area contributed by atoms with Crippen LogP contribution in [0.5, 0.6) is 23.0 Å². The number of rotatable bonds is 57. The minimum atomic E-state index is -4.17. The van der Waals surface area contributed by atoms with E-state index in [9.17, 15) is 33.7 Å². The molecule has 682 valence electrons. The summed E-state index contributed by atoms with van der Waals surface area (Å²) in [6.45, 7) is 33.4. The van der Waals surface area contributed by atoms with Crippen LogP contribution in [-0.2, 0) is 39.3 Å². The summed E-state index contributed by atoms with van der Waals surface area (Å²) in [4.78, 5) is 3.28. The van der Waals surface area contributed by atoms with Crippen LogP contribution in [-0.4, -0.2) is 78.5 Å². The topological polar surface area (TPSA) is 173 Å². The van der Waals surface area contributed by atoms with Gasteiger partial charge in [-0.05, 0) is 169 Å². The zero-order valence-electron chi connectivity index (χ0n) is 76.7. The SMILES string of the molecule is CCCCCCC1=C(Br)S(=O)(=O)C(C2=CC(CCCCCC)=C(Br)S2(=O)=O)=C1.CCCCCCOc1c2c[c]([Sn]([CH2]CCC)([CH2]CCC)[CH2]CCC)sc2c(OCCCCCC)c2cc(C)sc12.CCCCCCOc1c2cc(C3=C(CCCCCC)C=C(C4=CC(CCCCCC)=C(C)S4(=O)=O)S3(=O)=O)sc2c(OCCCCCC)c2cc(C)sc12. The number of thiophene rings is 4. The number of sulfone groups is 4. The molecule has 0 aliphatic carbocycles. The van der Waals surface area contributed by atoms with Crippen LogP contribution in [0.15, 0.2) is 103 Å². The van der Waals surface area contributed by atoms with Gasteiger partial charge < -0.3 is 9.47 Å². The quantitative estimate of drug-likeness (QED) is 0.0262. The molecule has 2 aromatic carbocycles. The molecule has 23 heteroatoms. The fourth-order valence-corrected chi connectivity index (χ4v) is 49.6. The summed E-state index contributed by atoms with van der Waals surface area (Å²) in [6.07, 6.45) is 51.8. The Morgan fingerprint density at radius 1 is 0.295 bits per heavy atom. The van der Waals surface area contributed by atoms with Crippen LogP contribution in [0, 0.1) is 13.8 Å². The van der Waals surface area contributed by atoms with Gasteiger partial charge in [-0.2, -0.15) is 0 Å². The first-order chi connectivity index (χ1) is 58.7. The summed E-state index contributed by atoms with van der Waals surface area (Å²) in [5, 5.41) is 4.52. The second-order valence-corrected chi connectivity index (χ2v) is 63.3. The van der Waals surface area contributed by atoms with Crippen LogP contribution in [0.25, 0.3) is 45.2 Å². The van der Waals surface area contributed by atoms with Gasteiger partial charge in [0.05, 0.1) is 47.1 Å². The summed E-state index contributed by atoms with van der Waals surface area (Å²) in [5.41, 5.74) is 2.75. The molecule has 10 rings (SSSR count). The van der Waals surface area contributed by atoms with E-state index in [1.54, 1.807) is 33.3 Å². The van der Waals surface area contributed by atoms with E-state index in [-0.39, 0.29) is 37.1 Å². The fraction of sp³-hybridized carbons (Fsp3) is 0.636. The van der Waals surface area contributed by atoms with Crippen molar-refractivity contribution in [2.45, 2.75) is 380 Å². The molecule has 12 nitrogen and oxygen atoms in total. The molecule has 0 radical (unpaired) electrons.